The zero-order valence-electron chi connectivity index (χ0n) is 12.2. The van der Waals surface area contributed by atoms with Crippen LogP contribution in [0.1, 0.15) is 23.8 Å². The first-order valence-electron chi connectivity index (χ1n) is 6.85. The molecule has 0 saturated carbocycles. The van der Waals surface area contributed by atoms with Gasteiger partial charge in [-0.25, -0.2) is 4.98 Å². The van der Waals surface area contributed by atoms with Gasteiger partial charge >= 0.3 is 0 Å². The highest BCUT2D eigenvalue weighted by Crippen LogP contribution is 2.22. The Morgan fingerprint density at radius 2 is 2.19 bits per heavy atom. The van der Waals surface area contributed by atoms with Crippen molar-refractivity contribution in [3.63, 3.8) is 0 Å². The first-order chi connectivity index (χ1) is 10.2. The summed E-state index contributed by atoms with van der Waals surface area (Å²) in [6.45, 7) is 2.06. The van der Waals surface area contributed by atoms with Gasteiger partial charge in [-0.2, -0.15) is 11.8 Å². The van der Waals surface area contributed by atoms with Crippen molar-refractivity contribution in [2.45, 2.75) is 19.4 Å². The number of nitrogens with two attached hydrogens (primary N) is 1. The summed E-state index contributed by atoms with van der Waals surface area (Å²) < 4.78 is 0. The zero-order valence-corrected chi connectivity index (χ0v) is 13.0. The molecule has 4 N–H and O–H groups in total. The van der Waals surface area contributed by atoms with Crippen molar-refractivity contribution in [3.8, 4) is 0 Å². The molecule has 1 aromatic heterocycles. The van der Waals surface area contributed by atoms with Gasteiger partial charge in [0, 0.05) is 17.2 Å². The van der Waals surface area contributed by atoms with Gasteiger partial charge in [0.1, 0.15) is 5.69 Å². The molecular weight excluding hydrogens is 284 g/mol. The Kier molecular flexibility index (Phi) is 5.41. The molecule has 5 nitrogen and oxygen atoms in total. The van der Waals surface area contributed by atoms with E-state index >= 15 is 0 Å². The molecule has 1 heterocycles. The Labute approximate surface area is 128 Å². The van der Waals surface area contributed by atoms with E-state index in [-0.39, 0.29) is 11.9 Å². The number of hydrogen-bond donors (Lipinski definition) is 3. The van der Waals surface area contributed by atoms with E-state index in [4.69, 9.17) is 5.84 Å². The molecule has 0 saturated heterocycles. The molecule has 0 spiro atoms. The minimum Gasteiger partial charge on any atom is -0.347 e. The molecule has 0 aliphatic carbocycles. The van der Waals surface area contributed by atoms with Crippen molar-refractivity contribution in [1.29, 1.82) is 0 Å². The summed E-state index contributed by atoms with van der Waals surface area (Å²) in [5.74, 6) is 6.27. The number of thioether (sulfide) groups is 1. The van der Waals surface area contributed by atoms with E-state index < -0.39 is 0 Å². The number of carbonyl (C=O) groups excluding carboxylic acids is 1. The molecule has 6 heteroatoms. The number of hydrazine groups is 1. The van der Waals surface area contributed by atoms with Crippen LogP contribution in [0.2, 0.25) is 0 Å². The van der Waals surface area contributed by atoms with Gasteiger partial charge in [-0.3, -0.25) is 10.6 Å². The van der Waals surface area contributed by atoms with Crippen molar-refractivity contribution in [1.82, 2.24) is 10.3 Å². The summed E-state index contributed by atoms with van der Waals surface area (Å²) in [6.07, 6.45) is 2.92. The molecule has 2 aromatic rings. The number of fused-ring (bicyclic) bond motifs is 1. The van der Waals surface area contributed by atoms with E-state index in [1.165, 1.54) is 0 Å². The van der Waals surface area contributed by atoms with Crippen LogP contribution in [0.5, 0.6) is 0 Å². The second-order valence-electron chi connectivity index (χ2n) is 4.75. The van der Waals surface area contributed by atoms with E-state index in [0.29, 0.717) is 11.4 Å². The van der Waals surface area contributed by atoms with Crippen LogP contribution in [0, 0.1) is 0 Å². The minimum atomic E-state index is -0.168. The fourth-order valence-electron chi connectivity index (χ4n) is 2.13. The minimum absolute atomic E-state index is 0.148. The number of hydrogen-bond acceptors (Lipinski definition) is 5. The molecule has 112 valence electrons. The quantitative estimate of drug-likeness (QED) is 0.564. The number of amides is 1. The van der Waals surface area contributed by atoms with Crippen LogP contribution in [0.15, 0.2) is 30.3 Å². The van der Waals surface area contributed by atoms with Crippen molar-refractivity contribution >= 4 is 34.3 Å². The van der Waals surface area contributed by atoms with Gasteiger partial charge in [0.15, 0.2) is 0 Å². The molecule has 0 aliphatic heterocycles. The van der Waals surface area contributed by atoms with Gasteiger partial charge in [0.25, 0.3) is 5.91 Å². The number of nitrogen functional groups attached to an aromatic ring is 1. The first kappa shape index (κ1) is 15.6. The van der Waals surface area contributed by atoms with Crippen molar-refractivity contribution in [2.75, 3.05) is 17.4 Å². The highest BCUT2D eigenvalue weighted by Gasteiger charge is 2.15. The maximum Gasteiger partial charge on any atom is 0.270 e. The second kappa shape index (κ2) is 7.28. The molecule has 1 amide bonds. The monoisotopic (exact) mass is 304 g/mol. The van der Waals surface area contributed by atoms with Crippen LogP contribution >= 0.6 is 11.8 Å². The zero-order chi connectivity index (χ0) is 15.2. The largest absolute Gasteiger partial charge is 0.347 e. The molecule has 2 rings (SSSR count). The van der Waals surface area contributed by atoms with Gasteiger partial charge in [-0.05, 0) is 24.8 Å². The Morgan fingerprint density at radius 1 is 1.43 bits per heavy atom. The van der Waals surface area contributed by atoms with Crippen LogP contribution in [-0.4, -0.2) is 28.9 Å². The number of aromatic nitrogens is 1. The second-order valence-corrected chi connectivity index (χ2v) is 5.66. The number of nitrogens with one attached hydrogen (secondary N) is 2. The third-order valence-electron chi connectivity index (χ3n) is 3.30. The number of carbonyl (C=O) groups is 1. The third kappa shape index (κ3) is 3.65. The first-order valence-corrected chi connectivity index (χ1v) is 8.25. The SMILES string of the molecule is CCC(CSC)NC(=O)c1cc(NN)c2ccccc2n1. The average Bonchev–Trinajstić information content (AvgIpc) is 2.53. The van der Waals surface area contributed by atoms with Crippen LogP contribution in [0.3, 0.4) is 0 Å². The van der Waals surface area contributed by atoms with Gasteiger partial charge in [-0.1, -0.05) is 25.1 Å². The summed E-state index contributed by atoms with van der Waals surface area (Å²) in [6, 6.07) is 9.42. The Morgan fingerprint density at radius 3 is 2.86 bits per heavy atom. The normalized spacial score (nSPS) is 12.1. The maximum atomic E-state index is 12.3. The molecule has 0 aliphatic rings. The highest BCUT2D eigenvalue weighted by molar-refractivity contribution is 7.98. The van der Waals surface area contributed by atoms with E-state index in [9.17, 15) is 4.79 Å². The van der Waals surface area contributed by atoms with E-state index in [2.05, 4.69) is 22.7 Å². The molecule has 0 bridgehead atoms. The van der Waals surface area contributed by atoms with Gasteiger partial charge in [0.2, 0.25) is 0 Å². The average molecular weight is 304 g/mol. The fourth-order valence-corrected chi connectivity index (χ4v) is 2.85. The number of rotatable bonds is 6. The number of nitrogens with zero attached hydrogens (tertiary/aromatic N) is 1. The van der Waals surface area contributed by atoms with Gasteiger partial charge < -0.3 is 10.7 Å². The molecule has 1 aromatic carbocycles. The van der Waals surface area contributed by atoms with Crippen LogP contribution in [0.25, 0.3) is 10.9 Å². The molecule has 0 radical (unpaired) electrons. The predicted octanol–water partition coefficient (Wildman–Crippen LogP) is 2.39. The smallest absolute Gasteiger partial charge is 0.270 e. The van der Waals surface area contributed by atoms with Crippen molar-refractivity contribution < 1.29 is 4.79 Å². The third-order valence-corrected chi connectivity index (χ3v) is 4.04. The standard InChI is InChI=1S/C15H20N4OS/c1-3-10(9-21-2)17-15(20)14-8-13(19-16)11-6-4-5-7-12(11)18-14/h4-8,10H,3,9,16H2,1-2H3,(H,17,20)(H,18,19). The number of pyridine rings is 1. The van der Waals surface area contributed by atoms with Gasteiger partial charge in [0.05, 0.1) is 11.2 Å². The molecular formula is C15H20N4OS. The lowest BCUT2D eigenvalue weighted by Crippen LogP contribution is -2.36. The van der Waals surface area contributed by atoms with E-state index in [1.54, 1.807) is 17.8 Å². The fraction of sp³-hybridized carbons (Fsp3) is 0.333. The molecule has 1 unspecified atom stereocenters. The summed E-state index contributed by atoms with van der Waals surface area (Å²) >= 11 is 1.71. The number of benzene rings is 1. The number of anilines is 1. The lowest BCUT2D eigenvalue weighted by atomic mass is 10.1. The Bertz CT molecular complexity index is 632. The van der Waals surface area contributed by atoms with Crippen molar-refractivity contribution in [3.05, 3.63) is 36.0 Å². The Hall–Kier alpha value is -1.79. The summed E-state index contributed by atoms with van der Waals surface area (Å²) in [7, 11) is 0. The molecule has 0 fully saturated rings. The maximum absolute atomic E-state index is 12.3. The lowest BCUT2D eigenvalue weighted by Gasteiger charge is -2.16. The van der Waals surface area contributed by atoms with E-state index in [1.807, 2.05) is 30.5 Å². The number of para-hydroxylation sites is 1. The Balaban J connectivity index is 2.31. The summed E-state index contributed by atoms with van der Waals surface area (Å²) in [4.78, 5) is 16.8. The van der Waals surface area contributed by atoms with Crippen molar-refractivity contribution in [2.24, 2.45) is 5.84 Å². The topological polar surface area (TPSA) is 80.0 Å². The summed E-state index contributed by atoms with van der Waals surface area (Å²) in [5, 5.41) is 3.91. The highest BCUT2D eigenvalue weighted by atomic mass is 32.2. The van der Waals surface area contributed by atoms with Crippen LogP contribution in [0.4, 0.5) is 5.69 Å². The van der Waals surface area contributed by atoms with E-state index in [0.717, 1.165) is 23.1 Å². The molecule has 1 atom stereocenters. The predicted molar refractivity (Wildman–Crippen MR) is 89.5 cm³/mol. The molecule has 21 heavy (non-hydrogen) atoms. The summed E-state index contributed by atoms with van der Waals surface area (Å²) in [5.41, 5.74) is 4.45. The van der Waals surface area contributed by atoms with Crippen LogP contribution < -0.4 is 16.6 Å². The lowest BCUT2D eigenvalue weighted by molar-refractivity contribution is 0.0935. The van der Waals surface area contributed by atoms with Gasteiger partial charge in [-0.15, -0.1) is 0 Å². The van der Waals surface area contributed by atoms with Crippen LogP contribution in [-0.2, 0) is 0 Å².